The molecule has 0 aliphatic rings. The quantitative estimate of drug-likeness (QED) is 0.535. The Kier molecular flexibility index (Phi) is 4.21. The Morgan fingerprint density at radius 1 is 1.04 bits per heavy atom. The topological polar surface area (TPSA) is 77.0 Å². The molecule has 0 spiro atoms. The highest BCUT2D eigenvalue weighted by Crippen LogP contribution is 2.29. The van der Waals surface area contributed by atoms with Crippen molar-refractivity contribution in [2.45, 2.75) is 19.1 Å². The number of nitrogens with zero attached hydrogens (tertiary/aromatic N) is 8. The Morgan fingerprint density at radius 2 is 1.79 bits per heavy atom. The Hall–Kier alpha value is -3.50. The lowest BCUT2D eigenvalue weighted by molar-refractivity contribution is -0.146. The molecule has 0 saturated carbocycles. The van der Waals surface area contributed by atoms with E-state index < -0.39 is 12.0 Å². The molecule has 0 fully saturated rings. The van der Waals surface area contributed by atoms with E-state index in [2.05, 4.69) is 25.4 Å². The summed E-state index contributed by atoms with van der Waals surface area (Å²) in [6, 6.07) is 10.6. The normalized spacial score (nSPS) is 13.0. The molecule has 8 nitrogen and oxygen atoms in total. The van der Waals surface area contributed by atoms with Crippen LogP contribution in [0, 0.1) is 0 Å². The smallest absolute Gasteiger partial charge is 0.351 e. The third-order valence-corrected chi connectivity index (χ3v) is 4.50. The Labute approximate surface area is 157 Å². The second-order valence-electron chi connectivity index (χ2n) is 6.20. The van der Waals surface area contributed by atoms with Crippen molar-refractivity contribution in [3.8, 4) is 5.69 Å². The van der Waals surface area contributed by atoms with Crippen molar-refractivity contribution in [1.29, 1.82) is 0 Å². The minimum atomic E-state index is -4.63. The van der Waals surface area contributed by atoms with E-state index >= 15 is 0 Å². The molecule has 3 aromatic heterocycles. The van der Waals surface area contributed by atoms with Gasteiger partial charge in [-0.1, -0.05) is 12.1 Å². The molecule has 0 amide bonds. The molecule has 0 aliphatic carbocycles. The van der Waals surface area contributed by atoms with Gasteiger partial charge in [0.05, 0.1) is 11.7 Å². The third kappa shape index (κ3) is 3.15. The molecule has 3 heterocycles. The molecule has 0 bridgehead atoms. The molecule has 4 aromatic rings. The van der Waals surface area contributed by atoms with Gasteiger partial charge in [-0.15, -0.1) is 15.3 Å². The van der Waals surface area contributed by atoms with Gasteiger partial charge in [-0.2, -0.15) is 22.8 Å². The standard InChI is InChI=1S/C17H15F3N8/c1-11(12-3-5-13(6-4-12)27-10-21-9-22-27)26(2)15-8-7-14-23-24-16(17(18,19)20)28(14)25-15/h3-11H,1-2H3. The first-order chi connectivity index (χ1) is 13.3. The zero-order chi connectivity index (χ0) is 19.9. The highest BCUT2D eigenvalue weighted by Gasteiger charge is 2.37. The number of hydrogen-bond acceptors (Lipinski definition) is 6. The number of benzene rings is 1. The van der Waals surface area contributed by atoms with Crippen LogP contribution in [0.3, 0.4) is 0 Å². The van der Waals surface area contributed by atoms with Gasteiger partial charge in [0.25, 0.3) is 5.82 Å². The number of hydrogen-bond donors (Lipinski definition) is 0. The molecule has 4 rings (SSSR count). The SMILES string of the molecule is CC(c1ccc(-n2cncn2)cc1)N(C)c1ccc2nnc(C(F)(F)F)n2n1. The first-order valence-electron chi connectivity index (χ1n) is 8.32. The zero-order valence-corrected chi connectivity index (χ0v) is 14.9. The fraction of sp³-hybridized carbons (Fsp3) is 0.235. The summed E-state index contributed by atoms with van der Waals surface area (Å²) in [4.78, 5) is 5.69. The molecular weight excluding hydrogens is 373 g/mol. The molecule has 28 heavy (non-hydrogen) atoms. The van der Waals surface area contributed by atoms with Crippen molar-refractivity contribution in [2.75, 3.05) is 11.9 Å². The van der Waals surface area contributed by atoms with Crippen molar-refractivity contribution in [3.63, 3.8) is 0 Å². The van der Waals surface area contributed by atoms with E-state index in [-0.39, 0.29) is 11.7 Å². The summed E-state index contributed by atoms with van der Waals surface area (Å²) >= 11 is 0. The van der Waals surface area contributed by atoms with Crippen LogP contribution in [0.4, 0.5) is 19.0 Å². The van der Waals surface area contributed by atoms with E-state index in [1.807, 2.05) is 31.2 Å². The summed E-state index contributed by atoms with van der Waals surface area (Å²) in [6.07, 6.45) is -1.58. The second kappa shape index (κ2) is 6.59. The molecular formula is C17H15F3N8. The van der Waals surface area contributed by atoms with Crippen molar-refractivity contribution < 1.29 is 13.2 Å². The molecule has 0 saturated heterocycles. The number of aromatic nitrogens is 7. The fourth-order valence-corrected chi connectivity index (χ4v) is 2.81. The van der Waals surface area contributed by atoms with Gasteiger partial charge in [0.2, 0.25) is 0 Å². The van der Waals surface area contributed by atoms with Gasteiger partial charge in [-0.05, 0) is 36.8 Å². The molecule has 11 heteroatoms. The average Bonchev–Trinajstić information content (AvgIpc) is 3.35. The summed E-state index contributed by atoms with van der Waals surface area (Å²) in [7, 11) is 1.77. The van der Waals surface area contributed by atoms with E-state index in [1.54, 1.807) is 29.0 Å². The van der Waals surface area contributed by atoms with E-state index in [0.29, 0.717) is 10.3 Å². The molecule has 1 atom stereocenters. The van der Waals surface area contributed by atoms with Crippen LogP contribution in [0.5, 0.6) is 0 Å². The van der Waals surface area contributed by atoms with Crippen molar-refractivity contribution in [3.05, 3.63) is 60.4 Å². The van der Waals surface area contributed by atoms with Crippen LogP contribution in [-0.4, -0.2) is 41.6 Å². The molecule has 144 valence electrons. The van der Waals surface area contributed by atoms with Crippen molar-refractivity contribution in [2.24, 2.45) is 0 Å². The number of alkyl halides is 3. The predicted molar refractivity (Wildman–Crippen MR) is 94.0 cm³/mol. The number of anilines is 1. The van der Waals surface area contributed by atoms with Crippen molar-refractivity contribution in [1.82, 2.24) is 34.6 Å². The molecule has 0 aliphatic heterocycles. The minimum Gasteiger partial charge on any atom is -0.351 e. The first-order valence-corrected chi connectivity index (χ1v) is 8.32. The summed E-state index contributed by atoms with van der Waals surface area (Å²) in [5, 5.41) is 14.9. The summed E-state index contributed by atoms with van der Waals surface area (Å²) < 4.78 is 41.6. The predicted octanol–water partition coefficient (Wildman–Crippen LogP) is 2.92. The van der Waals surface area contributed by atoms with E-state index in [9.17, 15) is 13.2 Å². The lowest BCUT2D eigenvalue weighted by Gasteiger charge is -2.26. The first kappa shape index (κ1) is 17.9. The van der Waals surface area contributed by atoms with E-state index in [0.717, 1.165) is 11.3 Å². The third-order valence-electron chi connectivity index (χ3n) is 4.50. The molecule has 1 unspecified atom stereocenters. The summed E-state index contributed by atoms with van der Waals surface area (Å²) in [5.41, 5.74) is 1.86. The lowest BCUT2D eigenvalue weighted by Crippen LogP contribution is -2.24. The van der Waals surface area contributed by atoms with Gasteiger partial charge in [0.15, 0.2) is 5.65 Å². The van der Waals surface area contributed by atoms with Crippen LogP contribution >= 0.6 is 0 Å². The maximum atomic E-state index is 13.1. The number of fused-ring (bicyclic) bond motifs is 1. The van der Waals surface area contributed by atoms with Crippen LogP contribution in [0.15, 0.2) is 49.1 Å². The molecule has 0 radical (unpaired) electrons. The molecule has 0 N–H and O–H groups in total. The van der Waals surface area contributed by atoms with Crippen molar-refractivity contribution >= 4 is 11.5 Å². The average molecular weight is 388 g/mol. The second-order valence-corrected chi connectivity index (χ2v) is 6.20. The zero-order valence-electron chi connectivity index (χ0n) is 14.9. The largest absolute Gasteiger partial charge is 0.453 e. The van der Waals surface area contributed by atoms with Gasteiger partial charge in [-0.3, -0.25) is 0 Å². The van der Waals surface area contributed by atoms with Gasteiger partial charge in [-0.25, -0.2) is 9.67 Å². The summed E-state index contributed by atoms with van der Waals surface area (Å²) in [6.45, 7) is 1.94. The fourth-order valence-electron chi connectivity index (χ4n) is 2.81. The maximum absolute atomic E-state index is 13.1. The number of halogens is 3. The maximum Gasteiger partial charge on any atom is 0.453 e. The minimum absolute atomic E-state index is 0.0364. The van der Waals surface area contributed by atoms with Crippen LogP contribution in [0.2, 0.25) is 0 Å². The molecule has 1 aromatic carbocycles. The number of rotatable bonds is 4. The van der Waals surface area contributed by atoms with E-state index in [1.165, 1.54) is 12.4 Å². The van der Waals surface area contributed by atoms with Gasteiger partial charge in [0, 0.05) is 7.05 Å². The van der Waals surface area contributed by atoms with Crippen LogP contribution in [0.25, 0.3) is 11.3 Å². The highest BCUT2D eigenvalue weighted by atomic mass is 19.4. The Morgan fingerprint density at radius 3 is 2.43 bits per heavy atom. The van der Waals surface area contributed by atoms with Gasteiger partial charge in [0.1, 0.15) is 18.5 Å². The van der Waals surface area contributed by atoms with Crippen LogP contribution < -0.4 is 4.90 Å². The monoisotopic (exact) mass is 388 g/mol. The van der Waals surface area contributed by atoms with E-state index in [4.69, 9.17) is 0 Å². The van der Waals surface area contributed by atoms with Gasteiger partial charge < -0.3 is 4.90 Å². The van der Waals surface area contributed by atoms with Crippen LogP contribution in [0.1, 0.15) is 24.4 Å². The summed E-state index contributed by atoms with van der Waals surface area (Å²) in [5.74, 6) is -0.784. The Balaban J connectivity index is 1.62. The Bertz CT molecular complexity index is 1090. The van der Waals surface area contributed by atoms with Crippen LogP contribution in [-0.2, 0) is 6.18 Å². The highest BCUT2D eigenvalue weighted by molar-refractivity contribution is 5.47. The lowest BCUT2D eigenvalue weighted by atomic mass is 10.1. The van der Waals surface area contributed by atoms with Gasteiger partial charge >= 0.3 is 6.18 Å².